The highest BCUT2D eigenvalue weighted by atomic mass is 32.2. The Balaban J connectivity index is 4.20. The van der Waals surface area contributed by atoms with Gasteiger partial charge in [-0.3, -0.25) is 13.8 Å². The van der Waals surface area contributed by atoms with Crippen LogP contribution in [0.4, 0.5) is 0 Å². The van der Waals surface area contributed by atoms with Crippen molar-refractivity contribution < 1.29 is 28.0 Å². The molecule has 0 aliphatic rings. The summed E-state index contributed by atoms with van der Waals surface area (Å²) >= 11 is 1.11. The molecule has 0 amide bonds. The molecule has 2 atom stereocenters. The van der Waals surface area contributed by atoms with Crippen LogP contribution in [-0.4, -0.2) is 42.2 Å². The minimum absolute atomic E-state index is 0.0356. The number of rotatable bonds is 13. The average molecular weight is 342 g/mol. The summed E-state index contributed by atoms with van der Waals surface area (Å²) in [6.07, 6.45) is 4.42. The highest BCUT2D eigenvalue weighted by Crippen LogP contribution is 2.42. The van der Waals surface area contributed by atoms with E-state index >= 15 is 0 Å². The molecule has 0 rings (SSSR count). The molecule has 8 heteroatoms. The number of unbranched alkanes of at least 4 members (excludes halogenated alkanes) is 2. The molecule has 6 nitrogen and oxygen atoms in total. The van der Waals surface area contributed by atoms with Crippen LogP contribution in [0.15, 0.2) is 0 Å². The number of thioether (sulfide) groups is 1. The van der Waals surface area contributed by atoms with Gasteiger partial charge in [0.1, 0.15) is 0 Å². The van der Waals surface area contributed by atoms with E-state index in [2.05, 4.69) is 11.4 Å². The molecule has 1 N–H and O–H groups in total. The van der Waals surface area contributed by atoms with Crippen LogP contribution in [0.2, 0.25) is 0 Å². The van der Waals surface area contributed by atoms with Gasteiger partial charge in [-0.2, -0.15) is 0 Å². The molecule has 0 radical (unpaired) electrons. The number of ether oxygens (including phenoxy) is 1. The number of carbonyl (C=O) groups excluding carboxylic acids is 1. The number of phosphoric acid groups is 1. The fraction of sp³-hybridized carbons (Fsp3) is 0.923. The lowest BCUT2D eigenvalue weighted by atomic mass is 10.3. The SMILES string of the molecule is CCCCCOC[C@@H](COP(=O)(O)OC)SC(=O)CCC. The van der Waals surface area contributed by atoms with Gasteiger partial charge in [0.05, 0.1) is 18.5 Å². The van der Waals surface area contributed by atoms with Crippen LogP contribution >= 0.6 is 19.6 Å². The van der Waals surface area contributed by atoms with Crippen LogP contribution in [0.5, 0.6) is 0 Å². The molecule has 0 aliphatic heterocycles. The van der Waals surface area contributed by atoms with Gasteiger partial charge in [0.25, 0.3) is 0 Å². The monoisotopic (exact) mass is 342 g/mol. The quantitative estimate of drug-likeness (QED) is 0.406. The van der Waals surface area contributed by atoms with Gasteiger partial charge in [-0.15, -0.1) is 0 Å². The molecule has 0 aromatic carbocycles. The first-order chi connectivity index (χ1) is 9.95. The average Bonchev–Trinajstić information content (AvgIpc) is 2.44. The van der Waals surface area contributed by atoms with Crippen molar-refractivity contribution in [3.63, 3.8) is 0 Å². The summed E-state index contributed by atoms with van der Waals surface area (Å²) in [6, 6.07) is 0. The molecule has 0 saturated carbocycles. The van der Waals surface area contributed by atoms with E-state index in [1.165, 1.54) is 0 Å². The standard InChI is InChI=1S/C13H27O6PS/c1-4-6-7-9-18-10-12(21-13(14)8-5-2)11-19-20(15,16)17-3/h12H,4-11H2,1-3H3,(H,15,16)/t12-/m0/s1. The summed E-state index contributed by atoms with van der Waals surface area (Å²) < 4.78 is 26.0. The number of phosphoric ester groups is 1. The molecule has 0 aliphatic carbocycles. The first-order valence-electron chi connectivity index (χ1n) is 7.25. The maximum Gasteiger partial charge on any atom is 0.471 e. The van der Waals surface area contributed by atoms with Gasteiger partial charge in [0.2, 0.25) is 0 Å². The van der Waals surface area contributed by atoms with Gasteiger partial charge in [0, 0.05) is 20.1 Å². The molecule has 0 spiro atoms. The van der Waals surface area contributed by atoms with Gasteiger partial charge < -0.3 is 9.63 Å². The zero-order chi connectivity index (χ0) is 16.1. The molecule has 0 bridgehead atoms. The lowest BCUT2D eigenvalue weighted by Gasteiger charge is -2.17. The topological polar surface area (TPSA) is 82.1 Å². The molecule has 0 heterocycles. The molecule has 0 fully saturated rings. The third kappa shape index (κ3) is 12.3. The predicted octanol–water partition coefficient (Wildman–Crippen LogP) is 3.39. The molecular weight excluding hydrogens is 315 g/mol. The summed E-state index contributed by atoms with van der Waals surface area (Å²) in [5.74, 6) is 0. The maximum absolute atomic E-state index is 11.7. The van der Waals surface area contributed by atoms with Crippen molar-refractivity contribution >= 4 is 24.7 Å². The number of carbonyl (C=O) groups is 1. The van der Waals surface area contributed by atoms with Crippen molar-refractivity contribution in [3.05, 3.63) is 0 Å². The fourth-order valence-corrected chi connectivity index (χ4v) is 3.03. The molecule has 0 saturated heterocycles. The zero-order valence-corrected chi connectivity index (χ0v) is 14.8. The first kappa shape index (κ1) is 21.1. The van der Waals surface area contributed by atoms with Crippen molar-refractivity contribution in [1.82, 2.24) is 0 Å². The van der Waals surface area contributed by atoms with Gasteiger partial charge in [0.15, 0.2) is 5.12 Å². The molecule has 0 aromatic rings. The van der Waals surface area contributed by atoms with E-state index in [0.717, 1.165) is 44.6 Å². The van der Waals surface area contributed by atoms with Crippen LogP contribution in [0.3, 0.4) is 0 Å². The minimum Gasteiger partial charge on any atom is -0.380 e. The summed E-state index contributed by atoms with van der Waals surface area (Å²) in [5.41, 5.74) is 0. The maximum atomic E-state index is 11.7. The van der Waals surface area contributed by atoms with E-state index in [-0.39, 0.29) is 17.0 Å². The normalized spacial score (nSPS) is 15.6. The highest BCUT2D eigenvalue weighted by Gasteiger charge is 2.23. The fourth-order valence-electron chi connectivity index (χ4n) is 1.46. The Morgan fingerprint density at radius 1 is 1.24 bits per heavy atom. The summed E-state index contributed by atoms with van der Waals surface area (Å²) in [5, 5.41) is -0.269. The van der Waals surface area contributed by atoms with E-state index in [0.29, 0.717) is 19.6 Å². The molecular formula is C13H27O6PS. The van der Waals surface area contributed by atoms with Crippen molar-refractivity contribution in [2.45, 2.75) is 51.2 Å². The summed E-state index contributed by atoms with van der Waals surface area (Å²) in [7, 11) is -2.91. The van der Waals surface area contributed by atoms with E-state index in [1.54, 1.807) is 0 Å². The van der Waals surface area contributed by atoms with Crippen LogP contribution in [0, 0.1) is 0 Å². The second-order valence-electron chi connectivity index (χ2n) is 4.59. The largest absolute Gasteiger partial charge is 0.471 e. The lowest BCUT2D eigenvalue weighted by molar-refractivity contribution is -0.111. The Morgan fingerprint density at radius 3 is 2.52 bits per heavy atom. The number of hydrogen-bond donors (Lipinski definition) is 1. The van der Waals surface area contributed by atoms with Gasteiger partial charge >= 0.3 is 7.82 Å². The third-order valence-electron chi connectivity index (χ3n) is 2.60. The Labute approximate surface area is 131 Å². The van der Waals surface area contributed by atoms with Gasteiger partial charge in [-0.1, -0.05) is 38.5 Å². The first-order valence-corrected chi connectivity index (χ1v) is 9.63. The Morgan fingerprint density at radius 2 is 1.95 bits per heavy atom. The number of hydrogen-bond acceptors (Lipinski definition) is 6. The van der Waals surface area contributed by atoms with Crippen LogP contribution in [0.1, 0.15) is 46.0 Å². The van der Waals surface area contributed by atoms with Crippen molar-refractivity contribution in [2.75, 3.05) is 26.9 Å². The molecule has 21 heavy (non-hydrogen) atoms. The zero-order valence-electron chi connectivity index (χ0n) is 13.1. The molecule has 1 unspecified atom stereocenters. The highest BCUT2D eigenvalue weighted by molar-refractivity contribution is 8.14. The Hall–Kier alpha value is 0.0900. The minimum atomic E-state index is -4.02. The third-order valence-corrected chi connectivity index (χ3v) is 4.61. The second-order valence-corrected chi connectivity index (χ2v) is 7.51. The van der Waals surface area contributed by atoms with E-state index in [9.17, 15) is 14.3 Å². The van der Waals surface area contributed by atoms with Crippen molar-refractivity contribution in [3.8, 4) is 0 Å². The summed E-state index contributed by atoms with van der Waals surface area (Å²) in [4.78, 5) is 20.9. The second kappa shape index (κ2) is 12.6. The van der Waals surface area contributed by atoms with Crippen LogP contribution in [0.25, 0.3) is 0 Å². The Bertz CT molecular complexity index is 326. The van der Waals surface area contributed by atoms with Crippen molar-refractivity contribution in [1.29, 1.82) is 0 Å². The van der Waals surface area contributed by atoms with E-state index < -0.39 is 7.82 Å². The molecule has 0 aromatic heterocycles. The van der Waals surface area contributed by atoms with Gasteiger partial charge in [-0.25, -0.2) is 4.57 Å². The summed E-state index contributed by atoms with van der Waals surface area (Å²) in [6.45, 7) is 4.91. The van der Waals surface area contributed by atoms with E-state index in [1.807, 2.05) is 6.92 Å². The Kier molecular flexibility index (Phi) is 12.7. The lowest BCUT2D eigenvalue weighted by Crippen LogP contribution is -2.21. The smallest absolute Gasteiger partial charge is 0.380 e. The van der Waals surface area contributed by atoms with Crippen molar-refractivity contribution in [2.24, 2.45) is 0 Å². The van der Waals surface area contributed by atoms with E-state index in [4.69, 9.17) is 9.26 Å². The predicted molar refractivity (Wildman–Crippen MR) is 84.4 cm³/mol. The van der Waals surface area contributed by atoms with Crippen LogP contribution < -0.4 is 0 Å². The van der Waals surface area contributed by atoms with Crippen LogP contribution in [-0.2, 0) is 23.1 Å². The molecule has 126 valence electrons. The van der Waals surface area contributed by atoms with Gasteiger partial charge in [-0.05, 0) is 12.8 Å².